The number of rotatable bonds is 7. The molecule has 0 saturated carbocycles. The number of esters is 1. The monoisotopic (exact) mass is 317 g/mol. The number of hydrogen-bond donors (Lipinski definition) is 1. The third kappa shape index (κ3) is 4.60. The van der Waals surface area contributed by atoms with E-state index in [1.54, 1.807) is 30.5 Å². The fourth-order valence-electron chi connectivity index (χ4n) is 2.12. The quantitative estimate of drug-likeness (QED) is 0.793. The Bertz CT molecular complexity index is 664. The summed E-state index contributed by atoms with van der Waals surface area (Å²) in [4.78, 5) is 23.6. The maximum atomic E-state index is 11.8. The van der Waals surface area contributed by atoms with E-state index in [4.69, 9.17) is 13.9 Å². The summed E-state index contributed by atoms with van der Waals surface area (Å²) in [6.45, 7) is 0.324. The molecule has 1 amide bonds. The van der Waals surface area contributed by atoms with E-state index >= 15 is 0 Å². The van der Waals surface area contributed by atoms with Gasteiger partial charge in [0.05, 0.1) is 20.5 Å². The molecule has 0 bridgehead atoms. The molecule has 0 radical (unpaired) electrons. The lowest BCUT2D eigenvalue weighted by Crippen LogP contribution is -2.23. The van der Waals surface area contributed by atoms with Crippen molar-refractivity contribution in [2.24, 2.45) is 0 Å². The van der Waals surface area contributed by atoms with Crippen LogP contribution in [-0.2, 0) is 22.5 Å². The van der Waals surface area contributed by atoms with Crippen molar-refractivity contribution in [3.05, 3.63) is 53.5 Å². The van der Waals surface area contributed by atoms with E-state index in [1.165, 1.54) is 14.2 Å². The molecule has 0 unspecified atom stereocenters. The summed E-state index contributed by atoms with van der Waals surface area (Å²) in [5, 5.41) is 2.81. The van der Waals surface area contributed by atoms with Crippen LogP contribution in [0.4, 0.5) is 0 Å². The zero-order valence-corrected chi connectivity index (χ0v) is 13.1. The number of carbonyl (C=O) groups excluding carboxylic acids is 2. The molecule has 0 aliphatic carbocycles. The molecule has 1 aromatic heterocycles. The first-order valence-corrected chi connectivity index (χ1v) is 7.18. The number of aryl methyl sites for hydroxylation is 1. The van der Waals surface area contributed by atoms with Gasteiger partial charge in [-0.2, -0.15) is 0 Å². The van der Waals surface area contributed by atoms with Crippen LogP contribution < -0.4 is 10.1 Å². The van der Waals surface area contributed by atoms with Crippen molar-refractivity contribution in [2.45, 2.75) is 19.4 Å². The minimum absolute atomic E-state index is 0.0863. The second-order valence-corrected chi connectivity index (χ2v) is 4.88. The number of hydrogen-bond acceptors (Lipinski definition) is 5. The van der Waals surface area contributed by atoms with E-state index in [0.717, 1.165) is 11.3 Å². The minimum atomic E-state index is -0.479. The molecule has 122 valence electrons. The summed E-state index contributed by atoms with van der Waals surface area (Å²) in [6, 6.07) is 8.74. The summed E-state index contributed by atoms with van der Waals surface area (Å²) in [5.74, 6) is 0.645. The van der Waals surface area contributed by atoms with Crippen LogP contribution in [0.15, 0.2) is 41.0 Å². The van der Waals surface area contributed by atoms with Gasteiger partial charge in [-0.1, -0.05) is 6.07 Å². The summed E-state index contributed by atoms with van der Waals surface area (Å²) < 4.78 is 15.0. The van der Waals surface area contributed by atoms with Crippen LogP contribution in [0.25, 0.3) is 0 Å². The van der Waals surface area contributed by atoms with E-state index in [1.807, 2.05) is 6.07 Å². The van der Waals surface area contributed by atoms with Gasteiger partial charge in [-0.15, -0.1) is 0 Å². The average molecular weight is 317 g/mol. The van der Waals surface area contributed by atoms with Gasteiger partial charge in [-0.05, 0) is 29.8 Å². The number of nitrogens with one attached hydrogen (secondary N) is 1. The molecule has 0 atom stereocenters. The van der Waals surface area contributed by atoms with Gasteiger partial charge in [0, 0.05) is 19.4 Å². The Hall–Kier alpha value is -2.76. The van der Waals surface area contributed by atoms with Crippen molar-refractivity contribution in [2.75, 3.05) is 14.2 Å². The fraction of sp³-hybridized carbons (Fsp3) is 0.294. The van der Waals surface area contributed by atoms with Crippen LogP contribution in [0.5, 0.6) is 5.75 Å². The van der Waals surface area contributed by atoms with Gasteiger partial charge in [0.25, 0.3) is 0 Å². The second kappa shape index (κ2) is 8.03. The van der Waals surface area contributed by atoms with E-state index in [0.29, 0.717) is 30.7 Å². The molecule has 6 heteroatoms. The molecular formula is C17H19NO5. The Morgan fingerprint density at radius 3 is 2.70 bits per heavy atom. The SMILES string of the molecule is COC(=O)c1cc(CNC(=O)CCc2ccco2)ccc1OC. The van der Waals surface area contributed by atoms with Crippen molar-refractivity contribution < 1.29 is 23.5 Å². The predicted octanol–water partition coefficient (Wildman–Crippen LogP) is 2.32. The third-order valence-electron chi connectivity index (χ3n) is 3.34. The summed E-state index contributed by atoms with van der Waals surface area (Å²) >= 11 is 0. The van der Waals surface area contributed by atoms with Crippen LogP contribution in [0.3, 0.4) is 0 Å². The average Bonchev–Trinajstić information content (AvgIpc) is 3.10. The highest BCUT2D eigenvalue weighted by Gasteiger charge is 2.13. The molecule has 1 aromatic carbocycles. The molecule has 0 fully saturated rings. The lowest BCUT2D eigenvalue weighted by Gasteiger charge is -2.10. The Kier molecular flexibility index (Phi) is 5.80. The Morgan fingerprint density at radius 2 is 2.04 bits per heavy atom. The molecule has 23 heavy (non-hydrogen) atoms. The highest BCUT2D eigenvalue weighted by atomic mass is 16.5. The van der Waals surface area contributed by atoms with Gasteiger partial charge in [0.15, 0.2) is 0 Å². The number of furan rings is 1. The van der Waals surface area contributed by atoms with Gasteiger partial charge in [0.2, 0.25) is 5.91 Å². The van der Waals surface area contributed by atoms with Crippen LogP contribution in [-0.4, -0.2) is 26.1 Å². The third-order valence-corrected chi connectivity index (χ3v) is 3.34. The number of amides is 1. The summed E-state index contributed by atoms with van der Waals surface area (Å²) in [6.07, 6.45) is 2.47. The van der Waals surface area contributed by atoms with E-state index in [-0.39, 0.29) is 5.91 Å². The molecule has 2 rings (SSSR count). The Labute approximate surface area is 134 Å². The van der Waals surface area contributed by atoms with E-state index in [9.17, 15) is 9.59 Å². The van der Waals surface area contributed by atoms with Gasteiger partial charge in [0.1, 0.15) is 17.1 Å². The normalized spacial score (nSPS) is 10.2. The molecule has 0 saturated heterocycles. The van der Waals surface area contributed by atoms with Crippen molar-refractivity contribution in [1.82, 2.24) is 5.32 Å². The number of ether oxygens (including phenoxy) is 2. The first-order valence-electron chi connectivity index (χ1n) is 7.18. The van der Waals surface area contributed by atoms with Gasteiger partial charge in [-0.25, -0.2) is 4.79 Å². The second-order valence-electron chi connectivity index (χ2n) is 4.88. The minimum Gasteiger partial charge on any atom is -0.496 e. The van der Waals surface area contributed by atoms with Crippen molar-refractivity contribution in [1.29, 1.82) is 0 Å². The first kappa shape index (κ1) is 16.6. The van der Waals surface area contributed by atoms with Gasteiger partial charge in [-0.3, -0.25) is 4.79 Å². The van der Waals surface area contributed by atoms with Crippen LogP contribution in [0.2, 0.25) is 0 Å². The summed E-state index contributed by atoms with van der Waals surface area (Å²) in [7, 11) is 2.79. The number of benzene rings is 1. The maximum absolute atomic E-state index is 11.8. The Balaban J connectivity index is 1.92. The zero-order chi connectivity index (χ0) is 16.7. The number of carbonyl (C=O) groups is 2. The van der Waals surface area contributed by atoms with E-state index in [2.05, 4.69) is 5.32 Å². The predicted molar refractivity (Wildman–Crippen MR) is 83.2 cm³/mol. The smallest absolute Gasteiger partial charge is 0.341 e. The van der Waals surface area contributed by atoms with Crippen molar-refractivity contribution in [3.63, 3.8) is 0 Å². The molecule has 1 N–H and O–H groups in total. The highest BCUT2D eigenvalue weighted by Crippen LogP contribution is 2.20. The summed E-state index contributed by atoms with van der Waals surface area (Å²) in [5.41, 5.74) is 1.12. The first-order chi connectivity index (χ1) is 11.1. The maximum Gasteiger partial charge on any atom is 0.341 e. The van der Waals surface area contributed by atoms with Crippen molar-refractivity contribution >= 4 is 11.9 Å². The van der Waals surface area contributed by atoms with Crippen LogP contribution >= 0.6 is 0 Å². The molecule has 0 aliphatic rings. The molecule has 6 nitrogen and oxygen atoms in total. The lowest BCUT2D eigenvalue weighted by atomic mass is 10.1. The molecule has 1 heterocycles. The molecule has 2 aromatic rings. The standard InChI is InChI=1S/C17H19NO5/c1-21-15-7-5-12(10-14(15)17(20)22-2)11-18-16(19)8-6-13-4-3-9-23-13/h3-5,7,9-10H,6,8,11H2,1-2H3,(H,18,19). The number of methoxy groups -OCH3 is 2. The van der Waals surface area contributed by atoms with Gasteiger partial charge < -0.3 is 19.2 Å². The van der Waals surface area contributed by atoms with E-state index < -0.39 is 5.97 Å². The molecular weight excluding hydrogens is 298 g/mol. The topological polar surface area (TPSA) is 77.8 Å². The highest BCUT2D eigenvalue weighted by molar-refractivity contribution is 5.92. The van der Waals surface area contributed by atoms with Crippen molar-refractivity contribution in [3.8, 4) is 5.75 Å². The van der Waals surface area contributed by atoms with Crippen LogP contribution in [0.1, 0.15) is 28.1 Å². The van der Waals surface area contributed by atoms with Gasteiger partial charge >= 0.3 is 5.97 Å². The Morgan fingerprint density at radius 1 is 1.22 bits per heavy atom. The van der Waals surface area contributed by atoms with Crippen LogP contribution in [0, 0.1) is 0 Å². The largest absolute Gasteiger partial charge is 0.496 e. The molecule has 0 aliphatic heterocycles. The zero-order valence-electron chi connectivity index (χ0n) is 13.1. The lowest BCUT2D eigenvalue weighted by molar-refractivity contribution is -0.121. The molecule has 0 spiro atoms. The fourth-order valence-corrected chi connectivity index (χ4v) is 2.12.